The first kappa shape index (κ1) is 16.3. The molecule has 0 saturated carbocycles. The minimum atomic E-state index is -0.125. The van der Waals surface area contributed by atoms with Crippen LogP contribution in [0.25, 0.3) is 6.08 Å². The van der Waals surface area contributed by atoms with Gasteiger partial charge in [0.25, 0.3) is 5.91 Å². The quantitative estimate of drug-likeness (QED) is 0.846. The molecule has 4 nitrogen and oxygen atoms in total. The van der Waals surface area contributed by atoms with Gasteiger partial charge in [0.2, 0.25) is 0 Å². The highest BCUT2D eigenvalue weighted by Gasteiger charge is 2.23. The molecule has 0 bridgehead atoms. The molecule has 0 aliphatic carbocycles. The van der Waals surface area contributed by atoms with Crippen molar-refractivity contribution in [3.05, 3.63) is 64.6 Å². The van der Waals surface area contributed by atoms with Crippen molar-refractivity contribution in [3.63, 3.8) is 0 Å². The summed E-state index contributed by atoms with van der Waals surface area (Å²) in [5.41, 5.74) is 2.92. The van der Waals surface area contributed by atoms with Crippen LogP contribution in [-0.4, -0.2) is 17.7 Å². The van der Waals surface area contributed by atoms with E-state index in [-0.39, 0.29) is 5.91 Å². The normalized spacial score (nSPS) is 17.3. The molecule has 0 radical (unpaired) electrons. The fourth-order valence-electron chi connectivity index (χ4n) is 2.27. The molecule has 0 spiro atoms. The number of nitrogens with zero attached hydrogens (tertiary/aromatic N) is 1. The summed E-state index contributed by atoms with van der Waals surface area (Å²) in [5.74, 6) is 0.699. The molecular weight excluding hydrogens is 320 g/mol. The average Bonchev–Trinajstić information content (AvgIpc) is 2.89. The van der Waals surface area contributed by atoms with E-state index in [9.17, 15) is 4.79 Å². The summed E-state index contributed by atoms with van der Waals surface area (Å²) in [6, 6.07) is 15.5. The lowest BCUT2D eigenvalue weighted by molar-refractivity contribution is -0.115. The van der Waals surface area contributed by atoms with Gasteiger partial charge in [-0.3, -0.25) is 4.79 Å². The molecular formula is C19H18N2O2S. The summed E-state index contributed by atoms with van der Waals surface area (Å²) < 4.78 is 5.42. The Morgan fingerprint density at radius 3 is 2.71 bits per heavy atom. The molecule has 2 aromatic carbocycles. The number of aryl methyl sites for hydroxylation is 1. The van der Waals surface area contributed by atoms with Gasteiger partial charge >= 0.3 is 0 Å². The van der Waals surface area contributed by atoms with Gasteiger partial charge < -0.3 is 10.1 Å². The zero-order chi connectivity index (χ0) is 16.9. The molecule has 5 heteroatoms. The van der Waals surface area contributed by atoms with E-state index in [2.05, 4.69) is 10.3 Å². The van der Waals surface area contributed by atoms with Gasteiger partial charge in [-0.05, 0) is 67.1 Å². The van der Waals surface area contributed by atoms with Crippen molar-refractivity contribution in [2.75, 3.05) is 6.61 Å². The molecule has 0 unspecified atom stereocenters. The van der Waals surface area contributed by atoms with Gasteiger partial charge in [0.15, 0.2) is 5.17 Å². The van der Waals surface area contributed by atoms with Crippen LogP contribution < -0.4 is 10.1 Å². The largest absolute Gasteiger partial charge is 0.494 e. The predicted molar refractivity (Wildman–Crippen MR) is 99.6 cm³/mol. The van der Waals surface area contributed by atoms with Crippen molar-refractivity contribution < 1.29 is 9.53 Å². The molecule has 0 aromatic heterocycles. The number of amides is 1. The number of carbonyl (C=O) groups is 1. The number of rotatable bonds is 4. The van der Waals surface area contributed by atoms with E-state index in [4.69, 9.17) is 4.74 Å². The zero-order valence-corrected chi connectivity index (χ0v) is 14.4. The maximum absolute atomic E-state index is 12.1. The first-order valence-corrected chi connectivity index (χ1v) is 8.55. The molecule has 1 saturated heterocycles. The van der Waals surface area contributed by atoms with E-state index in [0.29, 0.717) is 16.7 Å². The fourth-order valence-corrected chi connectivity index (χ4v) is 3.12. The molecule has 1 aliphatic heterocycles. The van der Waals surface area contributed by atoms with E-state index in [1.54, 1.807) is 0 Å². The van der Waals surface area contributed by atoms with Crippen LogP contribution in [0, 0.1) is 6.92 Å². The zero-order valence-electron chi connectivity index (χ0n) is 13.6. The van der Waals surface area contributed by atoms with Crippen LogP contribution in [0.15, 0.2) is 58.4 Å². The molecule has 1 aliphatic rings. The van der Waals surface area contributed by atoms with Gasteiger partial charge in [-0.15, -0.1) is 0 Å². The Bertz CT molecular complexity index is 810. The van der Waals surface area contributed by atoms with Crippen molar-refractivity contribution in [3.8, 4) is 5.75 Å². The molecule has 24 heavy (non-hydrogen) atoms. The number of nitrogens with one attached hydrogen (secondary N) is 1. The lowest BCUT2D eigenvalue weighted by Crippen LogP contribution is -2.19. The molecule has 0 atom stereocenters. The molecule has 122 valence electrons. The second-order valence-electron chi connectivity index (χ2n) is 5.32. The van der Waals surface area contributed by atoms with Gasteiger partial charge in [0.05, 0.1) is 17.2 Å². The lowest BCUT2D eigenvalue weighted by atomic mass is 10.2. The van der Waals surface area contributed by atoms with E-state index in [1.807, 2.05) is 68.5 Å². The van der Waals surface area contributed by atoms with Crippen molar-refractivity contribution >= 4 is 34.6 Å². The number of thioether (sulfide) groups is 1. The molecule has 3 rings (SSSR count). The van der Waals surface area contributed by atoms with Gasteiger partial charge in [0.1, 0.15) is 5.75 Å². The monoisotopic (exact) mass is 338 g/mol. The maximum Gasteiger partial charge on any atom is 0.264 e. The number of hydrogen-bond acceptors (Lipinski definition) is 4. The Labute approximate surface area is 145 Å². The van der Waals surface area contributed by atoms with Crippen LogP contribution in [-0.2, 0) is 4.79 Å². The number of hydrogen-bond donors (Lipinski definition) is 1. The summed E-state index contributed by atoms with van der Waals surface area (Å²) >= 11 is 1.35. The SMILES string of the molecule is CCOc1ccc(/C=C2\SC(=Nc3cccc(C)c3)NC2=O)cc1. The number of ether oxygens (including phenoxy) is 1. The summed E-state index contributed by atoms with van der Waals surface area (Å²) in [6.45, 7) is 4.60. The first-order chi connectivity index (χ1) is 11.6. The van der Waals surface area contributed by atoms with Crippen LogP contribution >= 0.6 is 11.8 Å². The van der Waals surface area contributed by atoms with Crippen LogP contribution in [0.2, 0.25) is 0 Å². The van der Waals surface area contributed by atoms with Crippen LogP contribution in [0.3, 0.4) is 0 Å². The van der Waals surface area contributed by atoms with E-state index in [0.717, 1.165) is 22.6 Å². The topological polar surface area (TPSA) is 50.7 Å². The fraction of sp³-hybridized carbons (Fsp3) is 0.158. The van der Waals surface area contributed by atoms with Gasteiger partial charge in [-0.1, -0.05) is 24.3 Å². The summed E-state index contributed by atoms with van der Waals surface area (Å²) in [6.07, 6.45) is 1.86. The van der Waals surface area contributed by atoms with Crippen LogP contribution in [0.1, 0.15) is 18.1 Å². The highest BCUT2D eigenvalue weighted by Crippen LogP contribution is 2.28. The van der Waals surface area contributed by atoms with Crippen molar-refractivity contribution in [2.24, 2.45) is 4.99 Å². The van der Waals surface area contributed by atoms with Gasteiger partial charge in [-0.25, -0.2) is 4.99 Å². The van der Waals surface area contributed by atoms with Crippen molar-refractivity contribution in [2.45, 2.75) is 13.8 Å². The Balaban J connectivity index is 1.76. The highest BCUT2D eigenvalue weighted by atomic mass is 32.2. The van der Waals surface area contributed by atoms with E-state index >= 15 is 0 Å². The lowest BCUT2D eigenvalue weighted by Gasteiger charge is -2.02. The maximum atomic E-state index is 12.1. The Morgan fingerprint density at radius 1 is 1.21 bits per heavy atom. The Kier molecular flexibility index (Phi) is 5.01. The second-order valence-corrected chi connectivity index (χ2v) is 6.35. The first-order valence-electron chi connectivity index (χ1n) is 7.73. The Morgan fingerprint density at radius 2 is 2.00 bits per heavy atom. The standard InChI is InChI=1S/C19H18N2O2S/c1-3-23-16-9-7-14(8-10-16)12-17-18(22)21-19(24-17)20-15-6-4-5-13(2)11-15/h4-12H,3H2,1-2H3,(H,20,21,22)/b17-12-. The summed E-state index contributed by atoms with van der Waals surface area (Å²) in [7, 11) is 0. The number of amidine groups is 1. The van der Waals surface area contributed by atoms with Crippen molar-refractivity contribution in [1.82, 2.24) is 5.32 Å². The van der Waals surface area contributed by atoms with Gasteiger partial charge in [-0.2, -0.15) is 0 Å². The third-order valence-corrected chi connectivity index (χ3v) is 4.28. The van der Waals surface area contributed by atoms with Gasteiger partial charge in [0, 0.05) is 0 Å². The molecule has 1 fully saturated rings. The molecule has 1 heterocycles. The third kappa shape index (κ3) is 4.06. The highest BCUT2D eigenvalue weighted by molar-refractivity contribution is 8.18. The average molecular weight is 338 g/mol. The summed E-state index contributed by atoms with van der Waals surface area (Å²) in [4.78, 5) is 17.2. The Hall–Kier alpha value is -2.53. The molecule has 1 N–H and O–H groups in total. The minimum Gasteiger partial charge on any atom is -0.494 e. The number of carbonyl (C=O) groups excluding carboxylic acids is 1. The second kappa shape index (κ2) is 7.36. The smallest absolute Gasteiger partial charge is 0.264 e. The van der Waals surface area contributed by atoms with Crippen molar-refractivity contribution in [1.29, 1.82) is 0 Å². The third-order valence-electron chi connectivity index (χ3n) is 3.37. The van der Waals surface area contributed by atoms with E-state index in [1.165, 1.54) is 11.8 Å². The van der Waals surface area contributed by atoms with Crippen LogP contribution in [0.5, 0.6) is 5.75 Å². The molecule has 1 amide bonds. The molecule has 2 aromatic rings. The number of benzene rings is 2. The van der Waals surface area contributed by atoms with Crippen LogP contribution in [0.4, 0.5) is 5.69 Å². The predicted octanol–water partition coefficient (Wildman–Crippen LogP) is 4.29. The minimum absolute atomic E-state index is 0.125. The summed E-state index contributed by atoms with van der Waals surface area (Å²) in [5, 5.41) is 3.40. The van der Waals surface area contributed by atoms with E-state index < -0.39 is 0 Å². The number of aliphatic imine (C=N–C) groups is 1.